The zero-order valence-electron chi connectivity index (χ0n) is 8.55. The maximum Gasteiger partial charge on any atom is 0.335 e. The topological polar surface area (TPSA) is 66.8 Å². The van der Waals surface area contributed by atoms with Gasteiger partial charge in [-0.25, -0.2) is 4.79 Å². The van der Waals surface area contributed by atoms with E-state index in [9.17, 15) is 9.59 Å². The summed E-state index contributed by atoms with van der Waals surface area (Å²) in [5, 5.41) is 8.74. The van der Waals surface area contributed by atoms with E-state index in [0.717, 1.165) is 0 Å². The van der Waals surface area contributed by atoms with E-state index in [1.807, 2.05) is 0 Å². The first-order chi connectivity index (χ1) is 7.68. The van der Waals surface area contributed by atoms with Crippen LogP contribution >= 0.6 is 0 Å². The number of carboxylic acids is 1. The number of aromatic carboxylic acids is 1. The number of hydrogen-bond donors (Lipinski definition) is 1. The first kappa shape index (κ1) is 10.6. The van der Waals surface area contributed by atoms with Crippen molar-refractivity contribution in [1.82, 2.24) is 0 Å². The Morgan fingerprint density at radius 1 is 1.31 bits per heavy atom. The van der Waals surface area contributed by atoms with E-state index in [1.54, 1.807) is 17.0 Å². The summed E-state index contributed by atoms with van der Waals surface area (Å²) in [4.78, 5) is 23.7. The van der Waals surface area contributed by atoms with Crippen molar-refractivity contribution in [3.63, 3.8) is 0 Å². The van der Waals surface area contributed by atoms with Gasteiger partial charge in [-0.05, 0) is 24.3 Å². The van der Waals surface area contributed by atoms with Crippen molar-refractivity contribution in [1.29, 1.82) is 0 Å². The monoisotopic (exact) mass is 221 g/mol. The van der Waals surface area contributed by atoms with Gasteiger partial charge < -0.3 is 14.7 Å². The number of rotatable bonds is 2. The van der Waals surface area contributed by atoms with Crippen LogP contribution in [0.25, 0.3) is 0 Å². The molecule has 0 spiro atoms. The summed E-state index contributed by atoms with van der Waals surface area (Å²) >= 11 is 0. The van der Waals surface area contributed by atoms with Crippen molar-refractivity contribution < 1.29 is 19.4 Å². The van der Waals surface area contributed by atoms with E-state index >= 15 is 0 Å². The zero-order valence-corrected chi connectivity index (χ0v) is 8.55. The molecule has 0 radical (unpaired) electrons. The molecular weight excluding hydrogens is 210 g/mol. The minimum Gasteiger partial charge on any atom is -0.478 e. The van der Waals surface area contributed by atoms with E-state index in [1.165, 1.54) is 12.1 Å². The number of carboxylic acid groups (broad SMARTS) is 1. The average Bonchev–Trinajstić information content (AvgIpc) is 2.30. The van der Waals surface area contributed by atoms with Crippen molar-refractivity contribution in [3.05, 3.63) is 29.8 Å². The van der Waals surface area contributed by atoms with Crippen LogP contribution in [-0.2, 0) is 9.53 Å². The fourth-order valence-corrected chi connectivity index (χ4v) is 1.57. The molecule has 0 unspecified atom stereocenters. The Kier molecular flexibility index (Phi) is 2.87. The van der Waals surface area contributed by atoms with Gasteiger partial charge in [0.05, 0.1) is 12.2 Å². The third-order valence-electron chi connectivity index (χ3n) is 2.41. The third-order valence-corrected chi connectivity index (χ3v) is 2.41. The molecule has 0 aliphatic carbocycles. The minimum atomic E-state index is -0.972. The standard InChI is InChI=1S/C11H11NO4/c13-10-7-16-6-5-12(10)9-3-1-8(2-4-9)11(14)15/h1-4H,5-7H2,(H,14,15). The second kappa shape index (κ2) is 4.32. The Morgan fingerprint density at radius 3 is 2.56 bits per heavy atom. The predicted octanol–water partition coefficient (Wildman–Crippen LogP) is 0.748. The van der Waals surface area contributed by atoms with Crippen LogP contribution in [0.1, 0.15) is 10.4 Å². The summed E-state index contributed by atoms with van der Waals surface area (Å²) < 4.78 is 5.01. The zero-order chi connectivity index (χ0) is 11.5. The van der Waals surface area contributed by atoms with Crippen LogP contribution in [0, 0.1) is 0 Å². The van der Waals surface area contributed by atoms with Crippen molar-refractivity contribution >= 4 is 17.6 Å². The van der Waals surface area contributed by atoms with Gasteiger partial charge in [0.25, 0.3) is 5.91 Å². The molecule has 2 rings (SSSR count). The van der Waals surface area contributed by atoms with Gasteiger partial charge in [0.1, 0.15) is 6.61 Å². The molecule has 1 saturated heterocycles. The van der Waals surface area contributed by atoms with Gasteiger partial charge in [0.15, 0.2) is 0 Å². The normalized spacial score (nSPS) is 16.2. The van der Waals surface area contributed by atoms with Crippen LogP contribution in [0.3, 0.4) is 0 Å². The molecule has 84 valence electrons. The van der Waals surface area contributed by atoms with Gasteiger partial charge in [-0.2, -0.15) is 0 Å². The van der Waals surface area contributed by atoms with E-state index < -0.39 is 5.97 Å². The van der Waals surface area contributed by atoms with E-state index in [4.69, 9.17) is 9.84 Å². The molecule has 1 aromatic rings. The lowest BCUT2D eigenvalue weighted by atomic mass is 10.2. The molecule has 0 saturated carbocycles. The fraction of sp³-hybridized carbons (Fsp3) is 0.273. The number of amides is 1. The molecule has 0 aromatic heterocycles. The Morgan fingerprint density at radius 2 is 2.00 bits per heavy atom. The lowest BCUT2D eigenvalue weighted by Crippen LogP contribution is -2.41. The van der Waals surface area contributed by atoms with Gasteiger partial charge in [-0.3, -0.25) is 4.79 Å². The number of nitrogens with zero attached hydrogens (tertiary/aromatic N) is 1. The first-order valence-corrected chi connectivity index (χ1v) is 4.90. The number of anilines is 1. The largest absolute Gasteiger partial charge is 0.478 e. The fourth-order valence-electron chi connectivity index (χ4n) is 1.57. The van der Waals surface area contributed by atoms with Crippen molar-refractivity contribution in [2.24, 2.45) is 0 Å². The summed E-state index contributed by atoms with van der Waals surface area (Å²) in [7, 11) is 0. The number of hydrogen-bond acceptors (Lipinski definition) is 3. The highest BCUT2D eigenvalue weighted by Gasteiger charge is 2.20. The Labute approximate surface area is 92.2 Å². The van der Waals surface area contributed by atoms with Gasteiger partial charge in [0, 0.05) is 12.2 Å². The molecule has 1 amide bonds. The molecule has 5 heteroatoms. The van der Waals surface area contributed by atoms with Crippen LogP contribution in [0.15, 0.2) is 24.3 Å². The lowest BCUT2D eigenvalue weighted by molar-refractivity contribution is -0.125. The summed E-state index contributed by atoms with van der Waals surface area (Å²) in [5.41, 5.74) is 0.919. The molecule has 1 heterocycles. The summed E-state index contributed by atoms with van der Waals surface area (Å²) in [6, 6.07) is 6.24. The molecule has 5 nitrogen and oxygen atoms in total. The van der Waals surface area contributed by atoms with Crippen LogP contribution in [0.5, 0.6) is 0 Å². The predicted molar refractivity (Wildman–Crippen MR) is 56.6 cm³/mol. The van der Waals surface area contributed by atoms with Crippen molar-refractivity contribution in [3.8, 4) is 0 Å². The molecule has 0 atom stereocenters. The Bertz CT molecular complexity index is 412. The van der Waals surface area contributed by atoms with Crippen LogP contribution in [-0.4, -0.2) is 36.7 Å². The summed E-state index contributed by atoms with van der Waals surface area (Å²) in [6.45, 7) is 1.10. The third kappa shape index (κ3) is 2.04. The van der Waals surface area contributed by atoms with E-state index in [2.05, 4.69) is 0 Å². The molecule has 16 heavy (non-hydrogen) atoms. The van der Waals surface area contributed by atoms with Gasteiger partial charge in [-0.1, -0.05) is 0 Å². The number of carbonyl (C=O) groups is 2. The first-order valence-electron chi connectivity index (χ1n) is 4.90. The van der Waals surface area contributed by atoms with Crippen molar-refractivity contribution in [2.45, 2.75) is 0 Å². The second-order valence-corrected chi connectivity index (χ2v) is 3.45. The minimum absolute atomic E-state index is 0.0840. The van der Waals surface area contributed by atoms with Gasteiger partial charge >= 0.3 is 5.97 Å². The molecule has 0 bridgehead atoms. The molecule has 1 aromatic carbocycles. The summed E-state index contributed by atoms with van der Waals surface area (Å²) in [5.74, 6) is -1.07. The number of morpholine rings is 1. The Balaban J connectivity index is 2.20. The molecule has 1 aliphatic heterocycles. The quantitative estimate of drug-likeness (QED) is 0.800. The highest BCUT2D eigenvalue weighted by atomic mass is 16.5. The number of carbonyl (C=O) groups excluding carboxylic acids is 1. The van der Waals surface area contributed by atoms with Gasteiger partial charge in [-0.15, -0.1) is 0 Å². The molecule has 1 aliphatic rings. The van der Waals surface area contributed by atoms with Crippen LogP contribution < -0.4 is 4.90 Å². The maximum absolute atomic E-state index is 11.5. The smallest absolute Gasteiger partial charge is 0.335 e. The summed E-state index contributed by atoms with van der Waals surface area (Å²) in [6.07, 6.45) is 0. The van der Waals surface area contributed by atoms with Crippen LogP contribution in [0.4, 0.5) is 5.69 Å². The second-order valence-electron chi connectivity index (χ2n) is 3.45. The number of ether oxygens (including phenoxy) is 1. The molecule has 1 fully saturated rings. The number of benzene rings is 1. The molecular formula is C11H11NO4. The van der Waals surface area contributed by atoms with Crippen LogP contribution in [0.2, 0.25) is 0 Å². The highest BCUT2D eigenvalue weighted by Crippen LogP contribution is 2.17. The Hall–Kier alpha value is -1.88. The van der Waals surface area contributed by atoms with E-state index in [-0.39, 0.29) is 18.1 Å². The van der Waals surface area contributed by atoms with Gasteiger partial charge in [0.2, 0.25) is 0 Å². The SMILES string of the molecule is O=C(O)c1ccc(N2CCOCC2=O)cc1. The van der Waals surface area contributed by atoms with Crippen molar-refractivity contribution in [2.75, 3.05) is 24.7 Å². The highest BCUT2D eigenvalue weighted by molar-refractivity contribution is 5.95. The lowest BCUT2D eigenvalue weighted by Gasteiger charge is -2.26. The average molecular weight is 221 g/mol. The maximum atomic E-state index is 11.5. The molecule has 1 N–H and O–H groups in total. The van der Waals surface area contributed by atoms with E-state index in [0.29, 0.717) is 18.8 Å².